The number of likely N-dealkylation sites (N-methyl/N-ethyl adjacent to an activating group) is 1. The predicted molar refractivity (Wildman–Crippen MR) is 75.8 cm³/mol. The lowest BCUT2D eigenvalue weighted by atomic mass is 10.1. The number of rotatable bonds is 6. The summed E-state index contributed by atoms with van der Waals surface area (Å²) >= 11 is 5.56. The van der Waals surface area contributed by atoms with Crippen LogP contribution in [0.2, 0.25) is 5.02 Å². The van der Waals surface area contributed by atoms with E-state index < -0.39 is 21.4 Å². The first-order valence-electron chi connectivity index (χ1n) is 5.85. The van der Waals surface area contributed by atoms with Crippen LogP contribution in [-0.2, 0) is 10.0 Å². The van der Waals surface area contributed by atoms with Crippen LogP contribution in [0.25, 0.3) is 0 Å². The Morgan fingerprint density at radius 1 is 1.45 bits per heavy atom. The highest BCUT2D eigenvalue weighted by Gasteiger charge is 2.25. The highest BCUT2D eigenvalue weighted by Crippen LogP contribution is 2.19. The van der Waals surface area contributed by atoms with E-state index in [0.29, 0.717) is 6.54 Å². The third kappa shape index (κ3) is 4.99. The standard InChI is InChI=1S/C12H18ClFN2O3S/c1-12(17,8-16(2)3)7-15-20(18,19)9-4-5-11(14)10(13)6-9/h4-6,15,17H,7-8H2,1-3H3. The summed E-state index contributed by atoms with van der Waals surface area (Å²) in [6, 6.07) is 3.12. The van der Waals surface area contributed by atoms with Crippen molar-refractivity contribution in [2.24, 2.45) is 0 Å². The molecule has 5 nitrogen and oxygen atoms in total. The summed E-state index contributed by atoms with van der Waals surface area (Å²) in [5, 5.41) is 9.77. The number of nitrogens with zero attached hydrogens (tertiary/aromatic N) is 1. The molecule has 0 aliphatic heterocycles. The van der Waals surface area contributed by atoms with Gasteiger partial charge in [-0.25, -0.2) is 17.5 Å². The van der Waals surface area contributed by atoms with E-state index in [0.717, 1.165) is 18.2 Å². The summed E-state index contributed by atoms with van der Waals surface area (Å²) < 4.78 is 39.3. The van der Waals surface area contributed by atoms with Crippen LogP contribution in [0, 0.1) is 5.82 Å². The van der Waals surface area contributed by atoms with E-state index in [2.05, 4.69) is 4.72 Å². The Bertz CT molecular complexity index is 576. The van der Waals surface area contributed by atoms with Crippen molar-refractivity contribution in [3.8, 4) is 0 Å². The molecule has 0 saturated carbocycles. The van der Waals surface area contributed by atoms with Crippen LogP contribution < -0.4 is 4.72 Å². The van der Waals surface area contributed by atoms with Gasteiger partial charge in [0.05, 0.1) is 15.5 Å². The van der Waals surface area contributed by atoms with E-state index >= 15 is 0 Å². The Hall–Kier alpha value is -0.730. The van der Waals surface area contributed by atoms with Gasteiger partial charge in [-0.05, 0) is 39.2 Å². The zero-order valence-electron chi connectivity index (χ0n) is 11.5. The first-order chi connectivity index (χ1) is 9.03. The predicted octanol–water partition coefficient (Wildman–Crippen LogP) is 1.07. The molecule has 1 aromatic carbocycles. The minimum absolute atomic E-state index is 0.149. The van der Waals surface area contributed by atoms with Crippen LogP contribution in [0.5, 0.6) is 0 Å². The summed E-state index contributed by atoms with van der Waals surface area (Å²) in [6.07, 6.45) is 0. The lowest BCUT2D eigenvalue weighted by Crippen LogP contribution is -2.47. The van der Waals surface area contributed by atoms with E-state index in [-0.39, 0.29) is 16.5 Å². The number of nitrogens with one attached hydrogen (secondary N) is 1. The zero-order valence-corrected chi connectivity index (χ0v) is 13.1. The zero-order chi connectivity index (χ0) is 15.6. The lowest BCUT2D eigenvalue weighted by molar-refractivity contribution is 0.0386. The van der Waals surface area contributed by atoms with E-state index in [4.69, 9.17) is 11.6 Å². The molecule has 8 heteroatoms. The molecule has 0 fully saturated rings. The van der Waals surface area contributed by atoms with Gasteiger partial charge >= 0.3 is 0 Å². The van der Waals surface area contributed by atoms with Crippen molar-refractivity contribution in [2.75, 3.05) is 27.2 Å². The maximum atomic E-state index is 13.0. The molecular formula is C12H18ClFN2O3S. The molecule has 0 saturated heterocycles. The normalized spacial score (nSPS) is 15.3. The molecule has 1 unspecified atom stereocenters. The van der Waals surface area contributed by atoms with Crippen molar-refractivity contribution in [1.29, 1.82) is 0 Å². The van der Waals surface area contributed by atoms with Crippen LogP contribution in [-0.4, -0.2) is 51.2 Å². The summed E-state index contributed by atoms with van der Waals surface area (Å²) in [6.45, 7) is 1.65. The molecule has 20 heavy (non-hydrogen) atoms. The average Bonchev–Trinajstić information content (AvgIpc) is 2.29. The SMILES string of the molecule is CN(C)CC(C)(O)CNS(=O)(=O)c1ccc(F)c(Cl)c1. The number of hydrogen-bond donors (Lipinski definition) is 2. The van der Waals surface area contributed by atoms with Gasteiger partial charge < -0.3 is 10.0 Å². The Kier molecular flexibility index (Phi) is 5.51. The number of halogens is 2. The summed E-state index contributed by atoms with van der Waals surface area (Å²) in [5.74, 6) is -0.690. The number of hydrogen-bond acceptors (Lipinski definition) is 4. The van der Waals surface area contributed by atoms with E-state index in [1.807, 2.05) is 0 Å². The Morgan fingerprint density at radius 3 is 2.55 bits per heavy atom. The summed E-state index contributed by atoms with van der Waals surface area (Å²) in [4.78, 5) is 1.59. The molecule has 2 N–H and O–H groups in total. The van der Waals surface area contributed by atoms with Gasteiger partial charge in [-0.3, -0.25) is 0 Å². The van der Waals surface area contributed by atoms with Crippen molar-refractivity contribution in [3.05, 3.63) is 29.0 Å². The van der Waals surface area contributed by atoms with Gasteiger partial charge in [0.2, 0.25) is 10.0 Å². The maximum absolute atomic E-state index is 13.0. The fourth-order valence-corrected chi connectivity index (χ4v) is 3.15. The smallest absolute Gasteiger partial charge is 0.240 e. The lowest BCUT2D eigenvalue weighted by Gasteiger charge is -2.27. The van der Waals surface area contributed by atoms with Gasteiger partial charge in [-0.15, -0.1) is 0 Å². The Labute approximate surface area is 123 Å². The molecule has 0 aliphatic rings. The molecule has 0 spiro atoms. The molecule has 1 aromatic rings. The fraction of sp³-hybridized carbons (Fsp3) is 0.500. The van der Waals surface area contributed by atoms with Crippen molar-refractivity contribution in [2.45, 2.75) is 17.4 Å². The van der Waals surface area contributed by atoms with Gasteiger partial charge in [0.1, 0.15) is 5.82 Å². The molecule has 0 bridgehead atoms. The van der Waals surface area contributed by atoms with Gasteiger partial charge in [0.15, 0.2) is 0 Å². The van der Waals surface area contributed by atoms with Crippen molar-refractivity contribution in [3.63, 3.8) is 0 Å². The van der Waals surface area contributed by atoms with Crippen LogP contribution in [0.3, 0.4) is 0 Å². The van der Waals surface area contributed by atoms with Crippen molar-refractivity contribution < 1.29 is 17.9 Å². The molecule has 114 valence electrons. The van der Waals surface area contributed by atoms with Crippen molar-refractivity contribution in [1.82, 2.24) is 9.62 Å². The van der Waals surface area contributed by atoms with Gasteiger partial charge in [0, 0.05) is 13.1 Å². The first-order valence-corrected chi connectivity index (χ1v) is 7.71. The second-order valence-corrected chi connectivity index (χ2v) is 7.31. The van der Waals surface area contributed by atoms with Gasteiger partial charge in [-0.1, -0.05) is 11.6 Å². The molecule has 1 atom stereocenters. The van der Waals surface area contributed by atoms with Crippen LogP contribution in [0.15, 0.2) is 23.1 Å². The van der Waals surface area contributed by atoms with E-state index in [1.165, 1.54) is 6.92 Å². The third-order valence-electron chi connectivity index (χ3n) is 2.50. The molecule has 0 aromatic heterocycles. The Balaban J connectivity index is 2.82. The third-order valence-corrected chi connectivity index (χ3v) is 4.19. The highest BCUT2D eigenvalue weighted by molar-refractivity contribution is 7.89. The number of aliphatic hydroxyl groups is 1. The monoisotopic (exact) mass is 324 g/mol. The summed E-state index contributed by atoms with van der Waals surface area (Å²) in [5.41, 5.74) is -1.22. The number of sulfonamides is 1. The molecular weight excluding hydrogens is 307 g/mol. The quantitative estimate of drug-likeness (QED) is 0.821. The average molecular weight is 325 g/mol. The minimum Gasteiger partial charge on any atom is -0.387 e. The van der Waals surface area contributed by atoms with E-state index in [9.17, 15) is 17.9 Å². The first kappa shape index (κ1) is 17.3. The Morgan fingerprint density at radius 2 is 2.05 bits per heavy atom. The van der Waals surface area contributed by atoms with Gasteiger partial charge in [0.25, 0.3) is 0 Å². The second kappa shape index (κ2) is 6.36. The molecule has 1 rings (SSSR count). The summed E-state index contributed by atoms with van der Waals surface area (Å²) in [7, 11) is -0.315. The largest absolute Gasteiger partial charge is 0.387 e. The van der Waals surface area contributed by atoms with Crippen molar-refractivity contribution >= 4 is 21.6 Å². The highest BCUT2D eigenvalue weighted by atomic mass is 35.5. The molecule has 0 radical (unpaired) electrons. The molecule has 0 amide bonds. The topological polar surface area (TPSA) is 69.6 Å². The van der Waals surface area contributed by atoms with Crippen LogP contribution in [0.1, 0.15) is 6.92 Å². The minimum atomic E-state index is -3.85. The van der Waals surface area contributed by atoms with Gasteiger partial charge in [-0.2, -0.15) is 0 Å². The fourth-order valence-electron chi connectivity index (χ4n) is 1.71. The second-order valence-electron chi connectivity index (χ2n) is 5.14. The molecule has 0 aliphatic carbocycles. The van der Waals surface area contributed by atoms with Crippen LogP contribution >= 0.6 is 11.6 Å². The maximum Gasteiger partial charge on any atom is 0.240 e. The molecule has 0 heterocycles. The van der Waals surface area contributed by atoms with Crippen LogP contribution in [0.4, 0.5) is 4.39 Å². The number of benzene rings is 1. The van der Waals surface area contributed by atoms with E-state index in [1.54, 1.807) is 19.0 Å².